The van der Waals surface area contributed by atoms with Crippen molar-refractivity contribution in [2.75, 3.05) is 26.2 Å². The lowest BCUT2D eigenvalue weighted by molar-refractivity contribution is 0.0537. The Morgan fingerprint density at radius 2 is 2.13 bits per heavy atom. The zero-order valence-corrected chi connectivity index (χ0v) is 9.68. The monoisotopic (exact) mass is 220 g/mol. The molecular weight excluding hydrogens is 198 g/mol. The van der Waals surface area contributed by atoms with Crippen LogP contribution in [0.2, 0.25) is 0 Å². The number of halogens is 2. The lowest BCUT2D eigenvalue weighted by Crippen LogP contribution is -2.50. The van der Waals surface area contributed by atoms with E-state index < -0.39 is 6.43 Å². The van der Waals surface area contributed by atoms with E-state index in [0.717, 1.165) is 32.5 Å². The third-order valence-corrected chi connectivity index (χ3v) is 3.20. The lowest BCUT2D eigenvalue weighted by Gasteiger charge is -2.38. The molecule has 1 fully saturated rings. The highest BCUT2D eigenvalue weighted by atomic mass is 19.3. The Hall–Kier alpha value is -0.220. The predicted molar refractivity (Wildman–Crippen MR) is 58.3 cm³/mol. The van der Waals surface area contributed by atoms with Gasteiger partial charge in [-0.25, -0.2) is 8.78 Å². The van der Waals surface area contributed by atoms with Crippen LogP contribution < -0.4 is 5.32 Å². The molecule has 0 saturated carbocycles. The van der Waals surface area contributed by atoms with Gasteiger partial charge in [0.2, 0.25) is 0 Å². The van der Waals surface area contributed by atoms with Gasteiger partial charge in [-0.05, 0) is 25.4 Å². The Bertz CT molecular complexity index is 176. The van der Waals surface area contributed by atoms with Crippen LogP contribution in [0.1, 0.15) is 26.7 Å². The lowest BCUT2D eigenvalue weighted by atomic mass is 9.90. The van der Waals surface area contributed by atoms with Gasteiger partial charge in [0.1, 0.15) is 0 Å². The van der Waals surface area contributed by atoms with Crippen molar-refractivity contribution in [2.45, 2.75) is 39.2 Å². The van der Waals surface area contributed by atoms with E-state index in [4.69, 9.17) is 0 Å². The van der Waals surface area contributed by atoms with E-state index in [-0.39, 0.29) is 6.54 Å². The second-order valence-electron chi connectivity index (χ2n) is 4.27. The van der Waals surface area contributed by atoms with Gasteiger partial charge >= 0.3 is 0 Å². The van der Waals surface area contributed by atoms with Crippen molar-refractivity contribution in [2.24, 2.45) is 5.92 Å². The Morgan fingerprint density at radius 3 is 2.67 bits per heavy atom. The van der Waals surface area contributed by atoms with Crippen molar-refractivity contribution < 1.29 is 8.78 Å². The molecule has 90 valence electrons. The molecule has 0 spiro atoms. The quantitative estimate of drug-likeness (QED) is 0.762. The van der Waals surface area contributed by atoms with E-state index in [0.29, 0.717) is 12.0 Å². The van der Waals surface area contributed by atoms with Gasteiger partial charge < -0.3 is 5.32 Å². The fourth-order valence-corrected chi connectivity index (χ4v) is 2.41. The average Bonchev–Trinajstić information content (AvgIpc) is 2.20. The molecule has 4 heteroatoms. The Kier molecular flexibility index (Phi) is 5.47. The third-order valence-electron chi connectivity index (χ3n) is 3.20. The van der Waals surface area contributed by atoms with Crippen LogP contribution in [0.4, 0.5) is 8.78 Å². The highest BCUT2D eigenvalue weighted by Crippen LogP contribution is 2.20. The van der Waals surface area contributed by atoms with E-state index >= 15 is 0 Å². The molecule has 1 heterocycles. The molecule has 2 nitrogen and oxygen atoms in total. The standard InChI is InChI=1S/C11H22F2N2/c1-3-9-7-15(8-11(12)13)6-5-10(9)14-4-2/h9-11,14H,3-8H2,1-2H3. The van der Waals surface area contributed by atoms with Gasteiger partial charge in [-0.1, -0.05) is 20.3 Å². The Morgan fingerprint density at radius 1 is 1.40 bits per heavy atom. The topological polar surface area (TPSA) is 15.3 Å². The summed E-state index contributed by atoms with van der Waals surface area (Å²) in [5, 5.41) is 3.45. The van der Waals surface area contributed by atoms with Crippen LogP contribution in [-0.4, -0.2) is 43.5 Å². The van der Waals surface area contributed by atoms with Crippen LogP contribution in [0.25, 0.3) is 0 Å². The smallest absolute Gasteiger partial charge is 0.251 e. The fourth-order valence-electron chi connectivity index (χ4n) is 2.41. The molecule has 1 aliphatic rings. The average molecular weight is 220 g/mol. The molecule has 0 aromatic carbocycles. The minimum absolute atomic E-state index is 0.0602. The normalized spacial score (nSPS) is 28.6. The van der Waals surface area contributed by atoms with Gasteiger partial charge in [0.25, 0.3) is 6.43 Å². The number of hydrogen-bond acceptors (Lipinski definition) is 2. The van der Waals surface area contributed by atoms with Crippen LogP contribution in [0.15, 0.2) is 0 Å². The Labute approximate surface area is 91.0 Å². The van der Waals surface area contributed by atoms with Crippen molar-refractivity contribution >= 4 is 0 Å². The molecule has 2 atom stereocenters. The van der Waals surface area contributed by atoms with Gasteiger partial charge in [0, 0.05) is 12.6 Å². The van der Waals surface area contributed by atoms with Gasteiger partial charge in [0.15, 0.2) is 0 Å². The molecule has 0 radical (unpaired) electrons. The zero-order chi connectivity index (χ0) is 11.3. The van der Waals surface area contributed by atoms with Crippen LogP contribution in [0.5, 0.6) is 0 Å². The second-order valence-corrected chi connectivity index (χ2v) is 4.27. The number of piperidine rings is 1. The minimum Gasteiger partial charge on any atom is -0.314 e. The van der Waals surface area contributed by atoms with Gasteiger partial charge in [-0.2, -0.15) is 0 Å². The second kappa shape index (κ2) is 6.38. The molecule has 0 amide bonds. The summed E-state index contributed by atoms with van der Waals surface area (Å²) in [5.41, 5.74) is 0. The molecule has 2 unspecified atom stereocenters. The molecule has 1 N–H and O–H groups in total. The first-order valence-electron chi connectivity index (χ1n) is 5.91. The van der Waals surface area contributed by atoms with E-state index in [1.54, 1.807) is 0 Å². The van der Waals surface area contributed by atoms with Crippen LogP contribution in [-0.2, 0) is 0 Å². The number of nitrogens with one attached hydrogen (secondary N) is 1. The summed E-state index contributed by atoms with van der Waals surface area (Å²) in [6, 6.07) is 0.522. The first-order valence-corrected chi connectivity index (χ1v) is 5.91. The van der Waals surface area contributed by atoms with Crippen LogP contribution in [0.3, 0.4) is 0 Å². The van der Waals surface area contributed by atoms with Crippen molar-refractivity contribution in [3.05, 3.63) is 0 Å². The number of likely N-dealkylation sites (tertiary alicyclic amines) is 1. The van der Waals surface area contributed by atoms with Gasteiger partial charge in [-0.3, -0.25) is 4.90 Å². The molecule has 0 aromatic heterocycles. The van der Waals surface area contributed by atoms with E-state index in [1.807, 2.05) is 4.90 Å². The third kappa shape index (κ3) is 4.03. The number of nitrogens with zero attached hydrogens (tertiary/aromatic N) is 1. The summed E-state index contributed by atoms with van der Waals surface area (Å²) in [6.07, 6.45) is -0.130. The predicted octanol–water partition coefficient (Wildman–Crippen LogP) is 1.96. The Balaban J connectivity index is 2.40. The summed E-state index contributed by atoms with van der Waals surface area (Å²) < 4.78 is 24.5. The SMILES string of the molecule is CCNC1CCN(CC(F)F)CC1CC. The molecule has 1 aliphatic heterocycles. The maximum absolute atomic E-state index is 12.2. The summed E-state index contributed by atoms with van der Waals surface area (Å²) >= 11 is 0. The van der Waals surface area contributed by atoms with E-state index in [1.165, 1.54) is 0 Å². The van der Waals surface area contributed by atoms with Crippen LogP contribution >= 0.6 is 0 Å². The van der Waals surface area contributed by atoms with Gasteiger partial charge in [0.05, 0.1) is 6.54 Å². The van der Waals surface area contributed by atoms with Crippen molar-refractivity contribution in [3.8, 4) is 0 Å². The first kappa shape index (κ1) is 12.8. The summed E-state index contributed by atoms with van der Waals surface area (Å²) in [7, 11) is 0. The molecule has 0 aliphatic carbocycles. The van der Waals surface area contributed by atoms with Gasteiger partial charge in [-0.15, -0.1) is 0 Å². The molecule has 0 bridgehead atoms. The minimum atomic E-state index is -2.20. The summed E-state index contributed by atoms with van der Waals surface area (Å²) in [5.74, 6) is 0.525. The maximum atomic E-state index is 12.2. The number of rotatable bonds is 5. The molecular formula is C11H22F2N2. The summed E-state index contributed by atoms with van der Waals surface area (Å²) in [4.78, 5) is 1.90. The fraction of sp³-hybridized carbons (Fsp3) is 1.00. The largest absolute Gasteiger partial charge is 0.314 e. The number of hydrogen-bond donors (Lipinski definition) is 1. The zero-order valence-electron chi connectivity index (χ0n) is 9.68. The first-order chi connectivity index (χ1) is 7.17. The molecule has 1 rings (SSSR count). The number of alkyl halides is 2. The van der Waals surface area contributed by atoms with Crippen LogP contribution in [0, 0.1) is 5.92 Å². The van der Waals surface area contributed by atoms with Crippen molar-refractivity contribution in [1.29, 1.82) is 0 Å². The highest BCUT2D eigenvalue weighted by Gasteiger charge is 2.28. The van der Waals surface area contributed by atoms with E-state index in [2.05, 4.69) is 19.2 Å². The van der Waals surface area contributed by atoms with Crippen molar-refractivity contribution in [3.63, 3.8) is 0 Å². The summed E-state index contributed by atoms with van der Waals surface area (Å²) in [6.45, 7) is 6.77. The molecule has 1 saturated heterocycles. The van der Waals surface area contributed by atoms with Crippen molar-refractivity contribution in [1.82, 2.24) is 10.2 Å². The molecule has 0 aromatic rings. The van der Waals surface area contributed by atoms with E-state index in [9.17, 15) is 8.78 Å². The highest BCUT2D eigenvalue weighted by molar-refractivity contribution is 4.84. The molecule has 15 heavy (non-hydrogen) atoms. The maximum Gasteiger partial charge on any atom is 0.251 e.